The van der Waals surface area contributed by atoms with Crippen molar-refractivity contribution in [3.63, 3.8) is 0 Å². The van der Waals surface area contributed by atoms with Gasteiger partial charge in [0.2, 0.25) is 0 Å². The molecule has 1 amide bonds. The van der Waals surface area contributed by atoms with Crippen LogP contribution in [0.3, 0.4) is 0 Å². The number of halogens is 1. The average molecular weight is 288 g/mol. The summed E-state index contributed by atoms with van der Waals surface area (Å²) in [5, 5.41) is 16.9. The molecule has 2 N–H and O–H groups in total. The minimum atomic E-state index is -4.29. The van der Waals surface area contributed by atoms with Gasteiger partial charge < -0.3 is 10.2 Å². The van der Waals surface area contributed by atoms with Crippen LogP contribution < -0.4 is 0 Å². The monoisotopic (exact) mass is 287 g/mol. The summed E-state index contributed by atoms with van der Waals surface area (Å²) < 4.78 is 26.8. The van der Waals surface area contributed by atoms with E-state index in [-0.39, 0.29) is 19.4 Å². The molecule has 8 nitrogen and oxygen atoms in total. The second kappa shape index (κ2) is 4.67. The van der Waals surface area contributed by atoms with Crippen molar-refractivity contribution in [2.75, 3.05) is 11.8 Å². The van der Waals surface area contributed by atoms with Gasteiger partial charge in [0.05, 0.1) is 0 Å². The fourth-order valence-electron chi connectivity index (χ4n) is 1.62. The fourth-order valence-corrected chi connectivity index (χ4v) is 2.46. The Balaban J connectivity index is 3.14. The van der Waals surface area contributed by atoms with Gasteiger partial charge in [0.15, 0.2) is 0 Å². The number of amides is 1. The molecular weight excluding hydrogens is 278 g/mol. The number of carboxylic acids is 1. The van der Waals surface area contributed by atoms with Crippen LogP contribution in [0.5, 0.6) is 0 Å². The molecule has 1 aliphatic rings. The number of nitrogens with zero attached hydrogens (tertiary/aromatic N) is 1. The third kappa shape index (κ3) is 2.61. The molecule has 1 aliphatic heterocycles. The highest BCUT2D eigenvalue weighted by molar-refractivity contribution is 7.88. The number of alkyl halides is 1. The van der Waals surface area contributed by atoms with Crippen LogP contribution >= 0.6 is 11.6 Å². The predicted octanol–water partition coefficient (Wildman–Crippen LogP) is 0.0838. The Morgan fingerprint density at radius 3 is 2.41 bits per heavy atom. The Bertz CT molecular complexity index is 436. The van der Waals surface area contributed by atoms with Gasteiger partial charge in [-0.05, 0) is 6.42 Å². The van der Waals surface area contributed by atoms with Crippen LogP contribution in [0.15, 0.2) is 0 Å². The van der Waals surface area contributed by atoms with Crippen molar-refractivity contribution < 1.29 is 32.4 Å². The lowest BCUT2D eigenvalue weighted by Crippen LogP contribution is -2.55. The number of hydrogen-bond acceptors (Lipinski definition) is 5. The Kier molecular flexibility index (Phi) is 3.84. The van der Waals surface area contributed by atoms with Crippen molar-refractivity contribution in [1.82, 2.24) is 4.90 Å². The Morgan fingerprint density at radius 2 is 2.00 bits per heavy atom. The highest BCUT2D eigenvalue weighted by Gasteiger charge is 2.54. The number of carboxylic acid groups (broad SMARTS) is 2. The van der Waals surface area contributed by atoms with Gasteiger partial charge in [-0.25, -0.2) is 13.8 Å². The van der Waals surface area contributed by atoms with Gasteiger partial charge in [-0.15, -0.1) is 11.6 Å². The first kappa shape index (κ1) is 14.0. The van der Waals surface area contributed by atoms with Crippen molar-refractivity contribution >= 4 is 33.8 Å². The summed E-state index contributed by atoms with van der Waals surface area (Å²) in [6, 6.07) is 0. The third-order valence-corrected chi connectivity index (χ3v) is 3.90. The van der Waals surface area contributed by atoms with Gasteiger partial charge in [-0.1, -0.05) is 0 Å². The van der Waals surface area contributed by atoms with Gasteiger partial charge in [-0.3, -0.25) is 4.90 Å². The van der Waals surface area contributed by atoms with Crippen molar-refractivity contribution in [3.05, 3.63) is 0 Å². The first-order valence-corrected chi connectivity index (χ1v) is 6.59. The molecule has 1 heterocycles. The van der Waals surface area contributed by atoms with Crippen LogP contribution in [0.2, 0.25) is 0 Å². The molecule has 0 aromatic carbocycles. The van der Waals surface area contributed by atoms with E-state index >= 15 is 0 Å². The van der Waals surface area contributed by atoms with Crippen molar-refractivity contribution in [2.24, 2.45) is 0 Å². The number of likely N-dealkylation sites (tertiary alicyclic amines) is 1. The molecule has 17 heavy (non-hydrogen) atoms. The van der Waals surface area contributed by atoms with Crippen LogP contribution in [0.4, 0.5) is 4.79 Å². The van der Waals surface area contributed by atoms with E-state index in [9.17, 15) is 18.0 Å². The zero-order valence-corrected chi connectivity index (χ0v) is 10.1. The number of hydrogen-bond donors (Lipinski definition) is 2. The van der Waals surface area contributed by atoms with Gasteiger partial charge in [0.25, 0.3) is 15.8 Å². The maximum atomic E-state index is 11.2. The smallest absolute Gasteiger partial charge is 0.410 e. The third-order valence-electron chi connectivity index (χ3n) is 2.30. The van der Waals surface area contributed by atoms with Crippen molar-refractivity contribution in [3.8, 4) is 0 Å². The standard InChI is InChI=1S/C7H10ClNO7S/c8-4-17(14,15)16-7(5(10)11)2-1-3-9(7)6(12)13/h1-4H2,(H,10,11)(H,12,13). The number of aliphatic carboxylic acids is 1. The van der Waals surface area contributed by atoms with E-state index in [1.54, 1.807) is 0 Å². The summed E-state index contributed by atoms with van der Waals surface area (Å²) in [5.41, 5.74) is -2.40. The summed E-state index contributed by atoms with van der Waals surface area (Å²) in [5.74, 6) is -1.67. The largest absolute Gasteiger partial charge is 0.478 e. The highest BCUT2D eigenvalue weighted by Crippen LogP contribution is 2.33. The van der Waals surface area contributed by atoms with Crippen LogP contribution in [-0.4, -0.2) is 53.1 Å². The molecule has 1 atom stereocenters. The van der Waals surface area contributed by atoms with Gasteiger partial charge in [-0.2, -0.15) is 8.42 Å². The Hall–Kier alpha value is -1.06. The van der Waals surface area contributed by atoms with E-state index in [2.05, 4.69) is 4.18 Å². The second-order valence-electron chi connectivity index (χ2n) is 3.38. The van der Waals surface area contributed by atoms with Gasteiger partial charge >= 0.3 is 12.1 Å². The van der Waals surface area contributed by atoms with E-state index in [1.807, 2.05) is 0 Å². The van der Waals surface area contributed by atoms with E-state index in [4.69, 9.17) is 21.8 Å². The lowest BCUT2D eigenvalue weighted by Gasteiger charge is -2.30. The number of carbonyl (C=O) groups is 2. The second-order valence-corrected chi connectivity index (χ2v) is 5.53. The maximum absolute atomic E-state index is 11.2. The molecule has 0 aromatic rings. The average Bonchev–Trinajstić information content (AvgIpc) is 2.62. The first-order valence-electron chi connectivity index (χ1n) is 4.48. The molecule has 98 valence electrons. The molecule has 10 heteroatoms. The van der Waals surface area contributed by atoms with Crippen LogP contribution in [-0.2, 0) is 19.1 Å². The summed E-state index contributed by atoms with van der Waals surface area (Å²) in [6.45, 7) is -0.112. The SMILES string of the molecule is O=C(O)N1CCCC1(OS(=O)(=O)CCl)C(=O)O. The molecule has 1 unspecified atom stereocenters. The molecule has 1 saturated heterocycles. The molecule has 0 spiro atoms. The van der Waals surface area contributed by atoms with E-state index in [0.717, 1.165) is 0 Å². The first-order chi connectivity index (χ1) is 7.75. The quantitative estimate of drug-likeness (QED) is 0.555. The van der Waals surface area contributed by atoms with E-state index in [1.165, 1.54) is 0 Å². The lowest BCUT2D eigenvalue weighted by molar-refractivity contribution is -0.166. The molecule has 1 rings (SSSR count). The lowest BCUT2D eigenvalue weighted by atomic mass is 10.1. The molecule has 0 aliphatic carbocycles. The van der Waals surface area contributed by atoms with Crippen molar-refractivity contribution in [1.29, 1.82) is 0 Å². The van der Waals surface area contributed by atoms with Crippen LogP contribution in [0.1, 0.15) is 12.8 Å². The van der Waals surface area contributed by atoms with Gasteiger partial charge in [0, 0.05) is 13.0 Å². The topological polar surface area (TPSA) is 121 Å². The molecule has 0 bridgehead atoms. The summed E-state index contributed by atoms with van der Waals surface area (Å²) >= 11 is 5.09. The molecular formula is C7H10ClNO7S. The summed E-state index contributed by atoms with van der Waals surface area (Å²) in [6.07, 6.45) is -1.61. The predicted molar refractivity (Wildman–Crippen MR) is 55.1 cm³/mol. The Morgan fingerprint density at radius 1 is 1.41 bits per heavy atom. The minimum absolute atomic E-state index is 0.112. The molecule has 0 aromatic heterocycles. The normalized spacial score (nSPS) is 24.9. The number of rotatable bonds is 4. The zero-order chi connectivity index (χ0) is 13.3. The fraction of sp³-hybridized carbons (Fsp3) is 0.714. The molecule has 0 saturated carbocycles. The molecule has 1 fully saturated rings. The van der Waals surface area contributed by atoms with Crippen molar-refractivity contribution in [2.45, 2.75) is 18.6 Å². The molecule has 0 radical (unpaired) electrons. The van der Waals surface area contributed by atoms with E-state index in [0.29, 0.717) is 4.90 Å². The van der Waals surface area contributed by atoms with Gasteiger partial charge in [0.1, 0.15) is 5.21 Å². The summed E-state index contributed by atoms with van der Waals surface area (Å²) in [7, 11) is -4.29. The van der Waals surface area contributed by atoms with Crippen LogP contribution in [0, 0.1) is 0 Å². The summed E-state index contributed by atoms with van der Waals surface area (Å²) in [4.78, 5) is 22.4. The maximum Gasteiger partial charge on any atom is 0.410 e. The Labute approximate surface area is 102 Å². The highest BCUT2D eigenvalue weighted by atomic mass is 35.5. The van der Waals surface area contributed by atoms with E-state index < -0.39 is 33.1 Å². The zero-order valence-electron chi connectivity index (χ0n) is 8.50. The van der Waals surface area contributed by atoms with Crippen LogP contribution in [0.25, 0.3) is 0 Å². The minimum Gasteiger partial charge on any atom is -0.478 e.